The highest BCUT2D eigenvalue weighted by atomic mass is 16.5. The molecule has 0 fully saturated rings. The zero-order valence-corrected chi connectivity index (χ0v) is 12.1. The highest BCUT2D eigenvalue weighted by molar-refractivity contribution is 5.97. The van der Waals surface area contributed by atoms with Crippen LogP contribution in [0.25, 0.3) is 0 Å². The van der Waals surface area contributed by atoms with Gasteiger partial charge in [-0.1, -0.05) is 0 Å². The minimum atomic E-state index is -0.0883. The van der Waals surface area contributed by atoms with Crippen LogP contribution in [0.5, 0.6) is 11.5 Å². The van der Waals surface area contributed by atoms with Crippen molar-refractivity contribution in [3.05, 3.63) is 23.8 Å². The Balaban J connectivity index is 2.90. The van der Waals surface area contributed by atoms with Crippen molar-refractivity contribution in [1.82, 2.24) is 0 Å². The molecular weight excluding hydrogens is 244 g/mol. The third-order valence-electron chi connectivity index (χ3n) is 2.74. The average Bonchev–Trinajstić information content (AvgIpc) is 2.41. The molecule has 106 valence electrons. The SMILES string of the molecule is CCOc1ccc(C(=O)CC(C)OC)cc1OCC. The number of rotatable bonds is 8. The second-order valence-corrected chi connectivity index (χ2v) is 4.20. The van der Waals surface area contributed by atoms with Gasteiger partial charge in [-0.15, -0.1) is 0 Å². The second kappa shape index (κ2) is 7.79. The molecule has 1 aromatic carbocycles. The van der Waals surface area contributed by atoms with Crippen LogP contribution >= 0.6 is 0 Å². The summed E-state index contributed by atoms with van der Waals surface area (Å²) in [5, 5.41) is 0. The summed E-state index contributed by atoms with van der Waals surface area (Å²) in [6.45, 7) is 6.78. The highest BCUT2D eigenvalue weighted by Gasteiger charge is 2.14. The molecule has 4 heteroatoms. The van der Waals surface area contributed by atoms with Gasteiger partial charge in [0.25, 0.3) is 0 Å². The largest absolute Gasteiger partial charge is 0.490 e. The maximum atomic E-state index is 12.1. The molecule has 0 aliphatic carbocycles. The van der Waals surface area contributed by atoms with E-state index < -0.39 is 0 Å². The molecule has 0 saturated heterocycles. The smallest absolute Gasteiger partial charge is 0.165 e. The lowest BCUT2D eigenvalue weighted by molar-refractivity contribution is 0.0791. The molecule has 4 nitrogen and oxygen atoms in total. The van der Waals surface area contributed by atoms with E-state index >= 15 is 0 Å². The summed E-state index contributed by atoms with van der Waals surface area (Å²) in [5.74, 6) is 1.32. The molecule has 1 unspecified atom stereocenters. The van der Waals surface area contributed by atoms with Gasteiger partial charge >= 0.3 is 0 Å². The molecule has 0 bridgehead atoms. The molecule has 1 aromatic rings. The molecule has 0 N–H and O–H groups in total. The van der Waals surface area contributed by atoms with Gasteiger partial charge in [-0.25, -0.2) is 0 Å². The molecule has 0 heterocycles. The number of carbonyl (C=O) groups excluding carboxylic acids is 1. The van der Waals surface area contributed by atoms with Crippen molar-refractivity contribution in [2.45, 2.75) is 33.3 Å². The minimum Gasteiger partial charge on any atom is -0.490 e. The van der Waals surface area contributed by atoms with Crippen LogP contribution in [0.1, 0.15) is 37.6 Å². The van der Waals surface area contributed by atoms with Crippen LogP contribution in [0.3, 0.4) is 0 Å². The molecule has 0 spiro atoms. The van der Waals surface area contributed by atoms with Crippen LogP contribution in [-0.2, 0) is 4.74 Å². The maximum absolute atomic E-state index is 12.1. The number of carbonyl (C=O) groups is 1. The van der Waals surface area contributed by atoms with E-state index in [0.717, 1.165) is 0 Å². The van der Waals surface area contributed by atoms with E-state index in [4.69, 9.17) is 14.2 Å². The predicted molar refractivity (Wildman–Crippen MR) is 74.2 cm³/mol. The van der Waals surface area contributed by atoms with Gasteiger partial charge in [0.15, 0.2) is 17.3 Å². The van der Waals surface area contributed by atoms with E-state index in [0.29, 0.717) is 36.7 Å². The summed E-state index contributed by atoms with van der Waals surface area (Å²) in [6.07, 6.45) is 0.269. The van der Waals surface area contributed by atoms with Crippen LogP contribution in [0.2, 0.25) is 0 Å². The molecule has 0 saturated carbocycles. The minimum absolute atomic E-state index is 0.0401. The average molecular weight is 266 g/mol. The molecule has 1 atom stereocenters. The van der Waals surface area contributed by atoms with Gasteiger partial charge in [-0.3, -0.25) is 4.79 Å². The van der Waals surface area contributed by atoms with Crippen LogP contribution in [0.15, 0.2) is 18.2 Å². The van der Waals surface area contributed by atoms with E-state index in [1.807, 2.05) is 20.8 Å². The summed E-state index contributed by atoms with van der Waals surface area (Å²) in [4.78, 5) is 12.1. The molecule has 0 aromatic heterocycles. The number of methoxy groups -OCH3 is 1. The van der Waals surface area contributed by atoms with Gasteiger partial charge in [0.2, 0.25) is 0 Å². The van der Waals surface area contributed by atoms with Crippen molar-refractivity contribution in [1.29, 1.82) is 0 Å². The van der Waals surface area contributed by atoms with Gasteiger partial charge in [-0.2, -0.15) is 0 Å². The first kappa shape index (κ1) is 15.5. The zero-order valence-electron chi connectivity index (χ0n) is 12.1. The third kappa shape index (κ3) is 4.56. The molecule has 19 heavy (non-hydrogen) atoms. The standard InChI is InChI=1S/C15H22O4/c1-5-18-14-8-7-12(10-15(14)19-6-2)13(16)9-11(3)17-4/h7-8,10-11H,5-6,9H2,1-4H3. The highest BCUT2D eigenvalue weighted by Crippen LogP contribution is 2.29. The summed E-state index contributed by atoms with van der Waals surface area (Å²) in [7, 11) is 1.60. The van der Waals surface area contributed by atoms with Gasteiger partial charge in [0, 0.05) is 19.1 Å². The Morgan fingerprint density at radius 3 is 2.37 bits per heavy atom. The Labute approximate surface area is 114 Å². The van der Waals surface area contributed by atoms with Crippen LogP contribution in [0.4, 0.5) is 0 Å². The van der Waals surface area contributed by atoms with Gasteiger partial charge in [0.1, 0.15) is 0 Å². The first-order chi connectivity index (χ1) is 9.12. The lowest BCUT2D eigenvalue weighted by Gasteiger charge is -2.13. The molecule has 0 radical (unpaired) electrons. The van der Waals surface area contributed by atoms with Gasteiger partial charge in [0.05, 0.1) is 19.3 Å². The van der Waals surface area contributed by atoms with Crippen LogP contribution in [0, 0.1) is 0 Å². The predicted octanol–water partition coefficient (Wildman–Crippen LogP) is 3.09. The van der Waals surface area contributed by atoms with Gasteiger partial charge < -0.3 is 14.2 Å². The number of Topliss-reactive ketones (excluding diaryl/α,β-unsaturated/α-hetero) is 1. The monoisotopic (exact) mass is 266 g/mol. The first-order valence-electron chi connectivity index (χ1n) is 6.58. The summed E-state index contributed by atoms with van der Waals surface area (Å²) in [6, 6.07) is 5.27. The number of hydrogen-bond acceptors (Lipinski definition) is 4. The Bertz CT molecular complexity index is 415. The van der Waals surface area contributed by atoms with E-state index in [1.54, 1.807) is 25.3 Å². The first-order valence-corrected chi connectivity index (χ1v) is 6.58. The van der Waals surface area contributed by atoms with Crippen molar-refractivity contribution < 1.29 is 19.0 Å². The normalized spacial score (nSPS) is 12.0. The van der Waals surface area contributed by atoms with E-state index in [2.05, 4.69) is 0 Å². The summed E-state index contributed by atoms with van der Waals surface area (Å²) in [5.41, 5.74) is 0.621. The maximum Gasteiger partial charge on any atom is 0.165 e. The third-order valence-corrected chi connectivity index (χ3v) is 2.74. The summed E-state index contributed by atoms with van der Waals surface area (Å²) >= 11 is 0. The Kier molecular flexibility index (Phi) is 6.36. The molecule has 1 rings (SSSR count). The summed E-state index contributed by atoms with van der Waals surface area (Å²) < 4.78 is 16.1. The van der Waals surface area contributed by atoms with Crippen molar-refractivity contribution in [2.24, 2.45) is 0 Å². The molecule has 0 amide bonds. The lowest BCUT2D eigenvalue weighted by Crippen LogP contribution is -2.12. The van der Waals surface area contributed by atoms with E-state index in [9.17, 15) is 4.79 Å². The second-order valence-electron chi connectivity index (χ2n) is 4.20. The zero-order chi connectivity index (χ0) is 14.3. The van der Waals surface area contributed by atoms with Crippen molar-refractivity contribution in [3.63, 3.8) is 0 Å². The molecule has 0 aliphatic heterocycles. The number of benzene rings is 1. The fourth-order valence-corrected chi connectivity index (χ4v) is 1.69. The fraction of sp³-hybridized carbons (Fsp3) is 0.533. The lowest BCUT2D eigenvalue weighted by atomic mass is 10.1. The quantitative estimate of drug-likeness (QED) is 0.678. The van der Waals surface area contributed by atoms with Gasteiger partial charge in [-0.05, 0) is 39.0 Å². The van der Waals surface area contributed by atoms with Crippen molar-refractivity contribution in [3.8, 4) is 11.5 Å². The number of ketones is 1. The van der Waals surface area contributed by atoms with Crippen molar-refractivity contribution >= 4 is 5.78 Å². The molecular formula is C15H22O4. The van der Waals surface area contributed by atoms with E-state index in [-0.39, 0.29) is 11.9 Å². The number of hydrogen-bond donors (Lipinski definition) is 0. The van der Waals surface area contributed by atoms with E-state index in [1.165, 1.54) is 0 Å². The topological polar surface area (TPSA) is 44.8 Å². The van der Waals surface area contributed by atoms with Crippen molar-refractivity contribution in [2.75, 3.05) is 20.3 Å². The fourth-order valence-electron chi connectivity index (χ4n) is 1.69. The van der Waals surface area contributed by atoms with Crippen LogP contribution < -0.4 is 9.47 Å². The molecule has 0 aliphatic rings. The Hall–Kier alpha value is -1.55. The Morgan fingerprint density at radius 2 is 1.79 bits per heavy atom. The Morgan fingerprint density at radius 1 is 1.16 bits per heavy atom. The van der Waals surface area contributed by atoms with Crippen LogP contribution in [-0.4, -0.2) is 32.2 Å². The number of ether oxygens (including phenoxy) is 3.